The molecule has 0 atom stereocenters. The molecule has 0 unspecified atom stereocenters. The van der Waals surface area contributed by atoms with E-state index < -0.39 is 0 Å². The molecule has 100 valence electrons. The third-order valence-corrected chi connectivity index (χ3v) is 6.46. The Labute approximate surface area is 111 Å². The Balaban J connectivity index is 1.82. The summed E-state index contributed by atoms with van der Waals surface area (Å²) in [6.45, 7) is 5.80. The first kappa shape index (κ1) is 13.7. The van der Waals surface area contributed by atoms with Crippen LogP contribution >= 0.6 is 11.8 Å². The summed E-state index contributed by atoms with van der Waals surface area (Å²) in [7, 11) is 0. The van der Waals surface area contributed by atoms with Crippen LogP contribution in [0.4, 0.5) is 0 Å². The molecule has 0 aromatic carbocycles. The van der Waals surface area contributed by atoms with Crippen molar-refractivity contribution in [3.63, 3.8) is 0 Å². The van der Waals surface area contributed by atoms with E-state index in [1.54, 1.807) is 0 Å². The van der Waals surface area contributed by atoms with E-state index in [0.29, 0.717) is 4.75 Å². The normalized spacial score (nSPS) is 34.8. The second-order valence-corrected chi connectivity index (χ2v) is 7.32. The summed E-state index contributed by atoms with van der Waals surface area (Å²) >= 11 is 1.99. The van der Waals surface area contributed by atoms with Crippen molar-refractivity contribution in [1.82, 2.24) is 4.90 Å². The van der Waals surface area contributed by atoms with Gasteiger partial charge in [0.15, 0.2) is 0 Å². The van der Waals surface area contributed by atoms with Gasteiger partial charge in [-0.15, -0.1) is 0 Å². The first-order valence-electron chi connectivity index (χ1n) is 7.18. The molecule has 2 nitrogen and oxygen atoms in total. The van der Waals surface area contributed by atoms with Crippen molar-refractivity contribution in [3.8, 4) is 0 Å². The zero-order chi connectivity index (χ0) is 12.3. The molecular weight excluding hydrogens is 228 g/mol. The summed E-state index contributed by atoms with van der Waals surface area (Å²) in [5, 5.41) is 0. The summed E-state index contributed by atoms with van der Waals surface area (Å²) in [5.74, 6) is 0.963. The molecule has 2 N–H and O–H groups in total. The molecule has 0 radical (unpaired) electrons. The smallest absolute Gasteiger partial charge is 0.0303 e. The van der Waals surface area contributed by atoms with Crippen molar-refractivity contribution >= 4 is 11.8 Å². The number of piperidine rings is 1. The van der Waals surface area contributed by atoms with Crippen LogP contribution in [0.3, 0.4) is 0 Å². The van der Waals surface area contributed by atoms with Crippen LogP contribution in [0.5, 0.6) is 0 Å². The number of likely N-dealkylation sites (tertiary alicyclic amines) is 1. The molecule has 0 spiro atoms. The van der Waals surface area contributed by atoms with E-state index in [2.05, 4.69) is 18.1 Å². The Hall–Kier alpha value is 0.270. The second kappa shape index (κ2) is 5.94. The molecule has 2 aliphatic rings. The van der Waals surface area contributed by atoms with E-state index in [1.807, 2.05) is 11.8 Å². The van der Waals surface area contributed by atoms with E-state index >= 15 is 0 Å². The molecule has 1 aliphatic carbocycles. The van der Waals surface area contributed by atoms with Crippen molar-refractivity contribution in [2.24, 2.45) is 11.7 Å². The van der Waals surface area contributed by atoms with Gasteiger partial charge in [0.05, 0.1) is 0 Å². The van der Waals surface area contributed by atoms with Gasteiger partial charge in [0, 0.05) is 17.3 Å². The standard InChI is InChI=1S/C14H28N2S/c1-12-3-5-13(6-4-12)16-9-7-14(11-15,17-2)8-10-16/h12-13H,3-11,15H2,1-2H3. The third kappa shape index (κ3) is 3.18. The van der Waals surface area contributed by atoms with Crippen LogP contribution in [-0.4, -0.2) is 41.6 Å². The Morgan fingerprint density at radius 2 is 1.76 bits per heavy atom. The monoisotopic (exact) mass is 256 g/mol. The molecule has 1 saturated heterocycles. The zero-order valence-corrected chi connectivity index (χ0v) is 12.3. The highest BCUT2D eigenvalue weighted by Crippen LogP contribution is 2.36. The lowest BCUT2D eigenvalue weighted by Crippen LogP contribution is -2.50. The fourth-order valence-electron chi connectivity index (χ4n) is 3.40. The minimum absolute atomic E-state index is 0.387. The van der Waals surface area contributed by atoms with Gasteiger partial charge in [-0.2, -0.15) is 11.8 Å². The number of rotatable bonds is 3. The van der Waals surface area contributed by atoms with E-state index in [1.165, 1.54) is 51.6 Å². The zero-order valence-electron chi connectivity index (χ0n) is 11.5. The fraction of sp³-hybridized carbons (Fsp3) is 1.00. The molecule has 0 amide bonds. The van der Waals surface area contributed by atoms with Crippen molar-refractivity contribution in [2.45, 2.75) is 56.2 Å². The largest absolute Gasteiger partial charge is 0.329 e. The van der Waals surface area contributed by atoms with Crippen LogP contribution in [0.2, 0.25) is 0 Å². The number of nitrogens with zero attached hydrogens (tertiary/aromatic N) is 1. The van der Waals surface area contributed by atoms with Gasteiger partial charge in [-0.25, -0.2) is 0 Å². The van der Waals surface area contributed by atoms with Gasteiger partial charge < -0.3 is 10.6 Å². The second-order valence-electron chi connectivity index (χ2n) is 6.04. The first-order valence-corrected chi connectivity index (χ1v) is 8.41. The molecule has 1 heterocycles. The van der Waals surface area contributed by atoms with Crippen LogP contribution in [0.25, 0.3) is 0 Å². The van der Waals surface area contributed by atoms with Gasteiger partial charge >= 0.3 is 0 Å². The molecule has 3 heteroatoms. The molecule has 1 aliphatic heterocycles. The van der Waals surface area contributed by atoms with E-state index in [0.717, 1.165) is 18.5 Å². The Morgan fingerprint density at radius 3 is 2.24 bits per heavy atom. The summed E-state index contributed by atoms with van der Waals surface area (Å²) in [6, 6.07) is 0.879. The highest BCUT2D eigenvalue weighted by atomic mass is 32.2. The predicted octanol–water partition coefficient (Wildman–Crippen LogP) is 2.72. The molecule has 17 heavy (non-hydrogen) atoms. The van der Waals surface area contributed by atoms with Gasteiger partial charge in [0.25, 0.3) is 0 Å². The average molecular weight is 256 g/mol. The van der Waals surface area contributed by atoms with Crippen molar-refractivity contribution in [2.75, 3.05) is 25.9 Å². The van der Waals surface area contributed by atoms with Gasteiger partial charge in [0.1, 0.15) is 0 Å². The van der Waals surface area contributed by atoms with Crippen LogP contribution < -0.4 is 5.73 Å². The molecule has 2 rings (SSSR count). The highest BCUT2D eigenvalue weighted by Gasteiger charge is 2.35. The Morgan fingerprint density at radius 1 is 1.18 bits per heavy atom. The first-order chi connectivity index (χ1) is 8.19. The Bertz CT molecular complexity index is 222. The summed E-state index contributed by atoms with van der Waals surface area (Å²) in [5.41, 5.74) is 5.95. The average Bonchev–Trinajstić information content (AvgIpc) is 2.40. The van der Waals surface area contributed by atoms with E-state index in [-0.39, 0.29) is 0 Å². The lowest BCUT2D eigenvalue weighted by Gasteiger charge is -2.44. The molecule has 0 aromatic heterocycles. The lowest BCUT2D eigenvalue weighted by atomic mass is 9.85. The topological polar surface area (TPSA) is 29.3 Å². The van der Waals surface area contributed by atoms with E-state index in [4.69, 9.17) is 5.73 Å². The van der Waals surface area contributed by atoms with Crippen LogP contribution in [0.15, 0.2) is 0 Å². The maximum Gasteiger partial charge on any atom is 0.0303 e. The number of hydrogen-bond acceptors (Lipinski definition) is 3. The fourth-order valence-corrected chi connectivity index (χ4v) is 4.15. The van der Waals surface area contributed by atoms with Crippen LogP contribution in [0.1, 0.15) is 45.4 Å². The minimum Gasteiger partial charge on any atom is -0.329 e. The summed E-state index contributed by atoms with van der Waals surface area (Å²) in [6.07, 6.45) is 10.5. The molecular formula is C14H28N2S. The van der Waals surface area contributed by atoms with Gasteiger partial charge in [-0.3, -0.25) is 0 Å². The van der Waals surface area contributed by atoms with Gasteiger partial charge in [0.2, 0.25) is 0 Å². The van der Waals surface area contributed by atoms with Crippen LogP contribution in [-0.2, 0) is 0 Å². The molecule has 0 bridgehead atoms. The maximum absolute atomic E-state index is 5.95. The Kier molecular flexibility index (Phi) is 4.79. The number of thioether (sulfide) groups is 1. The SMILES string of the molecule is CSC1(CN)CCN(C2CCC(C)CC2)CC1. The predicted molar refractivity (Wildman–Crippen MR) is 77.5 cm³/mol. The number of nitrogens with two attached hydrogens (primary N) is 1. The quantitative estimate of drug-likeness (QED) is 0.842. The lowest BCUT2D eigenvalue weighted by molar-refractivity contribution is 0.106. The van der Waals surface area contributed by atoms with E-state index in [9.17, 15) is 0 Å². The molecule has 2 fully saturated rings. The number of hydrogen-bond donors (Lipinski definition) is 1. The van der Waals surface area contributed by atoms with Crippen molar-refractivity contribution < 1.29 is 0 Å². The third-order valence-electron chi connectivity index (χ3n) is 5.02. The summed E-state index contributed by atoms with van der Waals surface area (Å²) in [4.78, 5) is 2.75. The van der Waals surface area contributed by atoms with Crippen LogP contribution in [0, 0.1) is 5.92 Å². The molecule has 1 saturated carbocycles. The van der Waals surface area contributed by atoms with Crippen molar-refractivity contribution in [1.29, 1.82) is 0 Å². The molecule has 0 aromatic rings. The maximum atomic E-state index is 5.95. The summed E-state index contributed by atoms with van der Waals surface area (Å²) < 4.78 is 0.387. The highest BCUT2D eigenvalue weighted by molar-refractivity contribution is 8.00. The minimum atomic E-state index is 0.387. The van der Waals surface area contributed by atoms with Crippen molar-refractivity contribution in [3.05, 3.63) is 0 Å². The van der Waals surface area contributed by atoms with Gasteiger partial charge in [-0.05, 0) is 63.8 Å². The van der Waals surface area contributed by atoms with Gasteiger partial charge in [-0.1, -0.05) is 6.92 Å².